The lowest BCUT2D eigenvalue weighted by Crippen LogP contribution is -2.49. The van der Waals surface area contributed by atoms with Gasteiger partial charge < -0.3 is 5.11 Å². The number of nitrogens with zero attached hydrogens (tertiary/aromatic N) is 2. The average Bonchev–Trinajstić information content (AvgIpc) is 2.39. The molecule has 1 fully saturated rings. The molecule has 0 amide bonds. The Morgan fingerprint density at radius 2 is 2.05 bits per heavy atom. The molecule has 2 heterocycles. The van der Waals surface area contributed by atoms with E-state index in [4.69, 9.17) is 5.11 Å². The van der Waals surface area contributed by atoms with Crippen LogP contribution in [0.4, 0.5) is 5.69 Å². The van der Waals surface area contributed by atoms with Crippen LogP contribution in [0.15, 0.2) is 24.5 Å². The van der Waals surface area contributed by atoms with Gasteiger partial charge in [-0.25, -0.2) is 0 Å². The number of hydrogen-bond acceptors (Lipinski definition) is 4. The van der Waals surface area contributed by atoms with Crippen LogP contribution in [-0.4, -0.2) is 41.4 Å². The van der Waals surface area contributed by atoms with Crippen molar-refractivity contribution >= 4 is 21.9 Å². The van der Waals surface area contributed by atoms with Crippen LogP contribution >= 0.6 is 0 Å². The highest BCUT2D eigenvalue weighted by atomic mass is 32.2. The minimum Gasteiger partial charge on any atom is -0.480 e. The quantitative estimate of drug-likeness (QED) is 0.847. The van der Waals surface area contributed by atoms with Gasteiger partial charge in [-0.1, -0.05) is 0 Å². The van der Waals surface area contributed by atoms with E-state index in [2.05, 4.69) is 9.71 Å². The highest BCUT2D eigenvalue weighted by molar-refractivity contribution is 7.90. The lowest BCUT2D eigenvalue weighted by atomic mass is 10.1. The summed E-state index contributed by atoms with van der Waals surface area (Å²) in [6, 6.07) is 2.03. The first-order chi connectivity index (χ1) is 9.00. The van der Waals surface area contributed by atoms with Gasteiger partial charge in [-0.15, -0.1) is 0 Å². The Bertz CT molecular complexity index is 546. The number of carboxylic acids is 1. The molecule has 0 radical (unpaired) electrons. The first-order valence-electron chi connectivity index (χ1n) is 5.93. The number of pyridine rings is 1. The fourth-order valence-corrected chi connectivity index (χ4v) is 3.52. The summed E-state index contributed by atoms with van der Waals surface area (Å²) in [7, 11) is -3.86. The molecule has 7 nitrogen and oxygen atoms in total. The smallest absolute Gasteiger partial charge is 0.322 e. The van der Waals surface area contributed by atoms with Crippen LogP contribution in [0.2, 0.25) is 0 Å². The number of piperidine rings is 1. The molecular weight excluding hydrogens is 270 g/mol. The topological polar surface area (TPSA) is 99.6 Å². The van der Waals surface area contributed by atoms with Crippen LogP contribution in [0.1, 0.15) is 19.3 Å². The first kappa shape index (κ1) is 13.8. The molecule has 8 heteroatoms. The molecule has 0 bridgehead atoms. The molecule has 1 saturated heterocycles. The third-order valence-electron chi connectivity index (χ3n) is 2.97. The average molecular weight is 285 g/mol. The van der Waals surface area contributed by atoms with Crippen LogP contribution in [0.3, 0.4) is 0 Å². The predicted molar refractivity (Wildman–Crippen MR) is 68.8 cm³/mol. The fourth-order valence-electron chi connectivity index (χ4n) is 2.07. The molecular formula is C11H15N3O4S. The zero-order valence-corrected chi connectivity index (χ0v) is 11.0. The molecule has 0 spiro atoms. The van der Waals surface area contributed by atoms with Gasteiger partial charge in [-0.3, -0.25) is 14.5 Å². The number of carboxylic acid groups (broad SMARTS) is 1. The van der Waals surface area contributed by atoms with Crippen LogP contribution in [0.25, 0.3) is 0 Å². The number of nitrogens with one attached hydrogen (secondary N) is 1. The molecule has 2 N–H and O–H groups in total. The fraction of sp³-hybridized carbons (Fsp3) is 0.455. The van der Waals surface area contributed by atoms with Gasteiger partial charge in [0, 0.05) is 18.9 Å². The normalized spacial score (nSPS) is 20.9. The third kappa shape index (κ3) is 3.21. The molecule has 1 aromatic heterocycles. The van der Waals surface area contributed by atoms with Crippen LogP contribution in [-0.2, 0) is 15.0 Å². The summed E-state index contributed by atoms with van der Waals surface area (Å²) in [6.45, 7) is 0.220. The van der Waals surface area contributed by atoms with Gasteiger partial charge >= 0.3 is 16.2 Å². The van der Waals surface area contributed by atoms with Gasteiger partial charge in [0.25, 0.3) is 0 Å². The second-order valence-corrected chi connectivity index (χ2v) is 5.93. The van der Waals surface area contributed by atoms with E-state index in [1.807, 2.05) is 0 Å². The van der Waals surface area contributed by atoms with Gasteiger partial charge in [0.15, 0.2) is 0 Å². The van der Waals surface area contributed by atoms with Gasteiger partial charge in [0.05, 0.1) is 5.69 Å². The number of hydrogen-bond donors (Lipinski definition) is 2. The van der Waals surface area contributed by atoms with Crippen molar-refractivity contribution < 1.29 is 18.3 Å². The van der Waals surface area contributed by atoms with E-state index in [0.717, 1.165) is 10.7 Å². The summed E-state index contributed by atoms with van der Waals surface area (Å²) in [5.41, 5.74) is 0.365. The Morgan fingerprint density at radius 1 is 1.37 bits per heavy atom. The van der Waals surface area contributed by atoms with E-state index in [1.54, 1.807) is 0 Å². The predicted octanol–water partition coefficient (Wildman–Crippen LogP) is 0.677. The van der Waals surface area contributed by atoms with E-state index in [1.165, 1.54) is 24.5 Å². The van der Waals surface area contributed by atoms with Crippen molar-refractivity contribution in [2.24, 2.45) is 0 Å². The van der Waals surface area contributed by atoms with Crippen molar-refractivity contribution in [3.05, 3.63) is 24.5 Å². The summed E-state index contributed by atoms with van der Waals surface area (Å²) >= 11 is 0. The van der Waals surface area contributed by atoms with Crippen molar-refractivity contribution in [3.63, 3.8) is 0 Å². The van der Waals surface area contributed by atoms with E-state index in [9.17, 15) is 13.2 Å². The maximum absolute atomic E-state index is 12.2. The number of carbonyl (C=O) groups is 1. The Labute approximate surface area is 111 Å². The molecule has 104 valence electrons. The first-order valence-corrected chi connectivity index (χ1v) is 7.37. The molecule has 1 aliphatic rings. The summed E-state index contributed by atoms with van der Waals surface area (Å²) in [4.78, 5) is 14.9. The van der Waals surface area contributed by atoms with Gasteiger partial charge in [-0.05, 0) is 31.4 Å². The lowest BCUT2D eigenvalue weighted by molar-refractivity contribution is -0.142. The maximum atomic E-state index is 12.2. The molecule has 0 aliphatic carbocycles. The highest BCUT2D eigenvalue weighted by Crippen LogP contribution is 2.22. The maximum Gasteiger partial charge on any atom is 0.322 e. The Kier molecular flexibility index (Phi) is 4.01. The number of anilines is 1. The molecule has 1 aliphatic heterocycles. The van der Waals surface area contributed by atoms with Crippen molar-refractivity contribution in [2.45, 2.75) is 25.3 Å². The minimum absolute atomic E-state index is 0.220. The second kappa shape index (κ2) is 5.54. The summed E-state index contributed by atoms with van der Waals surface area (Å²) < 4.78 is 27.8. The van der Waals surface area contributed by atoms with Crippen LogP contribution < -0.4 is 4.72 Å². The molecule has 2 rings (SSSR count). The number of rotatable bonds is 4. The van der Waals surface area contributed by atoms with Crippen LogP contribution in [0, 0.1) is 0 Å². The summed E-state index contributed by atoms with van der Waals surface area (Å²) in [5.74, 6) is -1.11. The molecule has 19 heavy (non-hydrogen) atoms. The van der Waals surface area contributed by atoms with E-state index < -0.39 is 22.2 Å². The second-order valence-electron chi connectivity index (χ2n) is 4.30. The zero-order chi connectivity index (χ0) is 13.9. The molecule has 0 saturated carbocycles. The van der Waals surface area contributed by atoms with E-state index in [0.29, 0.717) is 18.5 Å². The minimum atomic E-state index is -3.86. The van der Waals surface area contributed by atoms with Gasteiger partial charge in [-0.2, -0.15) is 12.7 Å². The van der Waals surface area contributed by atoms with Crippen LogP contribution in [0.5, 0.6) is 0 Å². The molecule has 1 atom stereocenters. The standard InChI is InChI=1S/C11H15N3O4S/c15-11(16)10-3-1-2-8-14(10)19(17,18)13-9-4-6-12-7-5-9/h4-7,10H,1-3,8H2,(H,12,13)(H,15,16). The van der Waals surface area contributed by atoms with Crippen molar-refractivity contribution in [3.8, 4) is 0 Å². The molecule has 1 unspecified atom stereocenters. The van der Waals surface area contributed by atoms with Gasteiger partial charge in [0.2, 0.25) is 0 Å². The lowest BCUT2D eigenvalue weighted by Gasteiger charge is -2.31. The van der Waals surface area contributed by atoms with Crippen molar-refractivity contribution in [1.82, 2.24) is 9.29 Å². The third-order valence-corrected chi connectivity index (χ3v) is 4.52. The molecule has 0 aromatic carbocycles. The Hall–Kier alpha value is -1.67. The Balaban J connectivity index is 2.20. The monoisotopic (exact) mass is 285 g/mol. The van der Waals surface area contributed by atoms with Gasteiger partial charge in [0.1, 0.15) is 6.04 Å². The van der Waals surface area contributed by atoms with E-state index >= 15 is 0 Å². The van der Waals surface area contributed by atoms with E-state index in [-0.39, 0.29) is 6.54 Å². The summed E-state index contributed by atoms with van der Waals surface area (Å²) in [5, 5.41) is 9.09. The zero-order valence-electron chi connectivity index (χ0n) is 10.2. The van der Waals surface area contributed by atoms with Crippen molar-refractivity contribution in [1.29, 1.82) is 0 Å². The number of aromatic nitrogens is 1. The highest BCUT2D eigenvalue weighted by Gasteiger charge is 2.36. The molecule has 1 aromatic rings. The SMILES string of the molecule is O=C(O)C1CCCCN1S(=O)(=O)Nc1ccncc1. The Morgan fingerprint density at radius 3 is 2.68 bits per heavy atom. The number of aliphatic carboxylic acids is 1. The summed E-state index contributed by atoms with van der Waals surface area (Å²) in [6.07, 6.45) is 4.65. The van der Waals surface area contributed by atoms with Crippen molar-refractivity contribution in [2.75, 3.05) is 11.3 Å². The largest absolute Gasteiger partial charge is 0.480 e.